The van der Waals surface area contributed by atoms with Crippen molar-refractivity contribution in [1.29, 1.82) is 0 Å². The summed E-state index contributed by atoms with van der Waals surface area (Å²) in [4.78, 5) is 11.5. The van der Waals surface area contributed by atoms with E-state index in [0.717, 1.165) is 57.4 Å². The van der Waals surface area contributed by atoms with Crippen molar-refractivity contribution in [2.75, 3.05) is 12.9 Å². The Bertz CT molecular complexity index is 175. The van der Waals surface area contributed by atoms with Crippen molar-refractivity contribution >= 4 is 66.0 Å². The first-order chi connectivity index (χ1) is 7.14. The van der Waals surface area contributed by atoms with Crippen molar-refractivity contribution in [3.63, 3.8) is 0 Å². The van der Waals surface area contributed by atoms with E-state index in [0.29, 0.717) is 0 Å². The lowest BCUT2D eigenvalue weighted by atomic mass is 10.8. The molecule has 0 aromatic carbocycles. The molecule has 0 aromatic rings. The van der Waals surface area contributed by atoms with E-state index in [2.05, 4.69) is 19.6 Å². The number of methoxy groups -OCH3 is 1. The molecular formula is C6H14O2SSi6. The molecule has 0 unspecified atom stereocenters. The van der Waals surface area contributed by atoms with Gasteiger partial charge in [-0.2, -0.15) is 0 Å². The Balaban J connectivity index is 4.51. The molecular weight excluding hydrogens is 305 g/mol. The van der Waals surface area contributed by atoms with Crippen LogP contribution in [0.15, 0.2) is 0 Å². The van der Waals surface area contributed by atoms with Crippen molar-refractivity contribution in [1.82, 2.24) is 0 Å². The second-order valence-electron chi connectivity index (χ2n) is 2.52. The maximum absolute atomic E-state index is 11.5. The van der Waals surface area contributed by atoms with Gasteiger partial charge in [0.1, 0.15) is 0 Å². The summed E-state index contributed by atoms with van der Waals surface area (Å²) in [5, 5.41) is 0. The molecule has 0 rings (SSSR count). The highest BCUT2D eigenvalue weighted by Gasteiger charge is 2.26. The Labute approximate surface area is 108 Å². The number of hydrogen-bond donors (Lipinski definition) is 0. The van der Waals surface area contributed by atoms with E-state index < -0.39 is 8.38 Å². The zero-order chi connectivity index (χ0) is 11.7. The Morgan fingerprint density at radius 2 is 1.47 bits per heavy atom. The minimum atomic E-state index is -0.612. The van der Waals surface area contributed by atoms with Gasteiger partial charge >= 0.3 is 5.97 Å². The van der Waals surface area contributed by atoms with Crippen LogP contribution in [0.25, 0.3) is 0 Å². The van der Waals surface area contributed by atoms with Crippen LogP contribution in [-0.4, -0.2) is 70.5 Å². The molecule has 0 bridgehead atoms. The largest absolute Gasteiger partial charge is 0.468 e. The predicted octanol–water partition coefficient (Wildman–Crippen LogP) is -0.177. The van der Waals surface area contributed by atoms with Crippen molar-refractivity contribution in [2.24, 2.45) is 0 Å². The van der Waals surface area contributed by atoms with Gasteiger partial charge in [-0.3, -0.25) is 13.2 Å². The summed E-state index contributed by atoms with van der Waals surface area (Å²) < 4.78 is 4.85. The highest BCUT2D eigenvalue weighted by Crippen LogP contribution is 2.40. The molecule has 0 atom stereocenters. The molecule has 0 saturated carbocycles. The van der Waals surface area contributed by atoms with Gasteiger partial charge in [-0.25, -0.2) is 0 Å². The van der Waals surface area contributed by atoms with Crippen LogP contribution >= 0.6 is 8.38 Å². The van der Waals surface area contributed by atoms with Gasteiger partial charge < -0.3 is 4.74 Å². The van der Waals surface area contributed by atoms with Crippen LogP contribution in [-0.2, 0) is 9.53 Å². The standard InChI is InChI=1S/C6H14O2SSi6/c1-8-6(7)5-9(13-10-2,14-11-3)15-12-4/h5H2,1-4H3. The minimum absolute atomic E-state index is 0.0206. The highest BCUT2D eigenvalue weighted by molar-refractivity contribution is 8.85. The topological polar surface area (TPSA) is 26.3 Å². The van der Waals surface area contributed by atoms with Crippen molar-refractivity contribution in [2.45, 2.75) is 19.6 Å². The average Bonchev–Trinajstić information content (AvgIpc) is 2.18. The third-order valence-corrected chi connectivity index (χ3v) is 41.4. The molecule has 0 amide bonds. The predicted molar refractivity (Wildman–Crippen MR) is 76.6 cm³/mol. The number of esters is 1. The molecule has 0 aromatic heterocycles. The van der Waals surface area contributed by atoms with Crippen LogP contribution in [0.3, 0.4) is 0 Å². The van der Waals surface area contributed by atoms with E-state index in [1.54, 1.807) is 0 Å². The first-order valence-corrected chi connectivity index (χ1v) is 18.8. The van der Waals surface area contributed by atoms with Gasteiger partial charge in [0, 0.05) is 27.1 Å². The Morgan fingerprint density at radius 3 is 1.73 bits per heavy atom. The second-order valence-corrected chi connectivity index (χ2v) is 28.2. The molecule has 0 aliphatic heterocycles. The minimum Gasteiger partial charge on any atom is -0.468 e. The van der Waals surface area contributed by atoms with E-state index in [1.165, 1.54) is 7.11 Å². The molecule has 80 valence electrons. The monoisotopic (exact) mass is 318 g/mol. The molecule has 0 N–H and O–H groups in total. The van der Waals surface area contributed by atoms with Crippen molar-refractivity contribution in [3.8, 4) is 0 Å². The number of carbonyl (C=O) groups excluding carboxylic acids is 1. The maximum atomic E-state index is 11.5. The third kappa shape index (κ3) is 6.43. The summed E-state index contributed by atoms with van der Waals surface area (Å²) in [5.74, 6) is 0.758. The van der Waals surface area contributed by atoms with Crippen LogP contribution in [0.4, 0.5) is 0 Å². The Hall–Kier alpha value is 1.12. The zero-order valence-corrected chi connectivity index (χ0v) is 16.2. The van der Waals surface area contributed by atoms with Gasteiger partial charge in [-0.05, 0) is 0 Å². The lowest BCUT2D eigenvalue weighted by molar-refractivity contribution is -0.137. The molecule has 0 saturated heterocycles. The Kier molecular flexibility index (Phi) is 9.87. The van der Waals surface area contributed by atoms with Gasteiger partial charge in [0.25, 0.3) is 0 Å². The first kappa shape index (κ1) is 16.1. The molecule has 15 heavy (non-hydrogen) atoms. The molecule has 0 spiro atoms. The molecule has 0 fully saturated rings. The van der Waals surface area contributed by atoms with Gasteiger partial charge in [-0.1, -0.05) is 19.6 Å². The van der Waals surface area contributed by atoms with E-state index in [1.807, 2.05) is 0 Å². The normalized spacial score (nSPS) is 12.5. The lowest BCUT2D eigenvalue weighted by Gasteiger charge is -2.37. The number of hydrogen-bond acceptors (Lipinski definition) is 2. The van der Waals surface area contributed by atoms with Gasteiger partial charge in [0.05, 0.1) is 37.4 Å². The maximum Gasteiger partial charge on any atom is 0.312 e. The summed E-state index contributed by atoms with van der Waals surface area (Å²) in [7, 11) is 7.03. The van der Waals surface area contributed by atoms with Gasteiger partial charge in [0.15, 0.2) is 0 Å². The SMILES string of the molecule is COC(=O)CS([Si][Si]C)([Si][Si]C)[Si][Si]C. The second kappa shape index (κ2) is 9.18. The fraction of sp³-hybridized carbons (Fsp3) is 0.833. The smallest absolute Gasteiger partial charge is 0.312 e. The number of ether oxygens (including phenoxy) is 1. The molecule has 0 aliphatic rings. The molecule has 2 nitrogen and oxygen atoms in total. The summed E-state index contributed by atoms with van der Waals surface area (Å²) in [6.07, 6.45) is 0. The van der Waals surface area contributed by atoms with E-state index in [9.17, 15) is 4.79 Å². The number of rotatable bonds is 8. The molecule has 9 heteroatoms. The van der Waals surface area contributed by atoms with Crippen LogP contribution in [0.2, 0.25) is 19.6 Å². The number of carbonyl (C=O) groups is 1. The van der Waals surface area contributed by atoms with E-state index in [4.69, 9.17) is 4.74 Å². The first-order valence-electron chi connectivity index (χ1n) is 4.32. The van der Waals surface area contributed by atoms with E-state index in [-0.39, 0.29) is 5.97 Å². The quantitative estimate of drug-likeness (QED) is 0.459. The van der Waals surface area contributed by atoms with Crippen LogP contribution in [0.1, 0.15) is 0 Å². The summed E-state index contributed by atoms with van der Waals surface area (Å²) >= 11 is 0. The fourth-order valence-electron chi connectivity index (χ4n) is 0.943. The Morgan fingerprint density at radius 1 is 1.07 bits per heavy atom. The summed E-state index contributed by atoms with van der Waals surface area (Å²) in [6.45, 7) is 6.80. The van der Waals surface area contributed by atoms with Crippen molar-refractivity contribution in [3.05, 3.63) is 0 Å². The molecule has 12 radical (unpaired) electrons. The van der Waals surface area contributed by atoms with Crippen LogP contribution in [0, 0.1) is 0 Å². The summed E-state index contributed by atoms with van der Waals surface area (Å²) in [5.41, 5.74) is 0. The van der Waals surface area contributed by atoms with Crippen LogP contribution < -0.4 is 0 Å². The molecule has 0 aliphatic carbocycles. The summed E-state index contributed by atoms with van der Waals surface area (Å²) in [6, 6.07) is 0. The van der Waals surface area contributed by atoms with E-state index >= 15 is 0 Å². The van der Waals surface area contributed by atoms with Crippen LogP contribution in [0.5, 0.6) is 0 Å². The average molecular weight is 319 g/mol. The highest BCUT2D eigenvalue weighted by atomic mass is 32.8. The zero-order valence-electron chi connectivity index (χ0n) is 9.43. The lowest BCUT2D eigenvalue weighted by Crippen LogP contribution is -2.34. The van der Waals surface area contributed by atoms with Gasteiger partial charge in [0.2, 0.25) is 0 Å². The van der Waals surface area contributed by atoms with Crippen molar-refractivity contribution < 1.29 is 9.53 Å². The van der Waals surface area contributed by atoms with Gasteiger partial charge in [-0.15, -0.1) is 0 Å². The molecule has 0 heterocycles. The fourth-order valence-corrected chi connectivity index (χ4v) is 53.9. The third-order valence-electron chi connectivity index (χ3n) is 1.39.